The van der Waals surface area contributed by atoms with E-state index >= 15 is 0 Å². The van der Waals surface area contributed by atoms with Crippen LogP contribution in [0.1, 0.15) is 42.0 Å². The molecule has 0 amide bonds. The zero-order valence-electron chi connectivity index (χ0n) is 10.7. The highest BCUT2D eigenvalue weighted by Gasteiger charge is 2.30. The highest BCUT2D eigenvalue weighted by molar-refractivity contribution is 5.37. The van der Waals surface area contributed by atoms with Crippen LogP contribution in [0.3, 0.4) is 0 Å². The van der Waals surface area contributed by atoms with Crippen molar-refractivity contribution >= 4 is 0 Å². The van der Waals surface area contributed by atoms with Gasteiger partial charge in [-0.05, 0) is 36.6 Å². The van der Waals surface area contributed by atoms with Gasteiger partial charge in [0.25, 0.3) is 0 Å². The molecule has 0 saturated carbocycles. The molecule has 0 aliphatic heterocycles. The summed E-state index contributed by atoms with van der Waals surface area (Å²) in [5.74, 6) is 0.568. The Kier molecular flexibility index (Phi) is 3.20. The van der Waals surface area contributed by atoms with Crippen molar-refractivity contribution in [3.05, 3.63) is 59.5 Å². The topological polar surface area (TPSA) is 25.2 Å². The van der Waals surface area contributed by atoms with E-state index in [1.807, 2.05) is 6.26 Å². The van der Waals surface area contributed by atoms with Gasteiger partial charge in [0, 0.05) is 17.5 Å². The Balaban J connectivity index is 1.93. The summed E-state index contributed by atoms with van der Waals surface area (Å²) in [4.78, 5) is 0. The quantitative estimate of drug-likeness (QED) is 0.883. The van der Waals surface area contributed by atoms with Gasteiger partial charge in [0.05, 0.1) is 12.5 Å². The molecule has 94 valence electrons. The van der Waals surface area contributed by atoms with Crippen molar-refractivity contribution in [2.24, 2.45) is 0 Å². The summed E-state index contributed by atoms with van der Waals surface area (Å²) in [6.45, 7) is 3.14. The molecule has 1 aliphatic carbocycles. The molecule has 2 heteroatoms. The van der Waals surface area contributed by atoms with Crippen LogP contribution in [0.2, 0.25) is 0 Å². The summed E-state index contributed by atoms with van der Waals surface area (Å²) in [5, 5.41) is 3.61. The van der Waals surface area contributed by atoms with Crippen LogP contribution in [0.4, 0.5) is 0 Å². The summed E-state index contributed by atoms with van der Waals surface area (Å²) in [6.07, 6.45) is 6.05. The summed E-state index contributed by atoms with van der Waals surface area (Å²) >= 11 is 0. The zero-order valence-corrected chi connectivity index (χ0v) is 10.7. The van der Waals surface area contributed by atoms with Crippen molar-refractivity contribution < 1.29 is 4.42 Å². The Morgan fingerprint density at radius 2 is 2.22 bits per heavy atom. The second-order valence-electron chi connectivity index (χ2n) is 4.94. The van der Waals surface area contributed by atoms with Gasteiger partial charge in [-0.1, -0.05) is 31.2 Å². The van der Waals surface area contributed by atoms with Gasteiger partial charge in [-0.3, -0.25) is 0 Å². The normalized spacial score (nSPS) is 19.7. The fraction of sp³-hybridized carbons (Fsp3) is 0.375. The first-order valence-electron chi connectivity index (χ1n) is 6.73. The van der Waals surface area contributed by atoms with Crippen molar-refractivity contribution in [3.8, 4) is 0 Å². The van der Waals surface area contributed by atoms with E-state index in [-0.39, 0.29) is 0 Å². The zero-order chi connectivity index (χ0) is 12.4. The highest BCUT2D eigenvalue weighted by atomic mass is 16.3. The Labute approximate surface area is 108 Å². The van der Waals surface area contributed by atoms with Gasteiger partial charge < -0.3 is 9.73 Å². The van der Waals surface area contributed by atoms with Crippen LogP contribution >= 0.6 is 0 Å². The van der Waals surface area contributed by atoms with Crippen LogP contribution in [0.25, 0.3) is 0 Å². The molecule has 0 radical (unpaired) electrons. The first-order valence-corrected chi connectivity index (χ1v) is 6.73. The van der Waals surface area contributed by atoms with E-state index in [9.17, 15) is 0 Å². The smallest absolute Gasteiger partial charge is 0.0950 e. The molecular formula is C16H19NO. The van der Waals surface area contributed by atoms with Gasteiger partial charge in [0.2, 0.25) is 0 Å². The van der Waals surface area contributed by atoms with Gasteiger partial charge in [-0.25, -0.2) is 0 Å². The first-order chi connectivity index (χ1) is 8.90. The molecule has 0 saturated heterocycles. The molecule has 0 fully saturated rings. The maximum atomic E-state index is 5.25. The number of hydrogen-bond acceptors (Lipinski definition) is 2. The molecule has 2 aromatic rings. The molecule has 2 atom stereocenters. The minimum absolute atomic E-state index is 0.373. The lowest BCUT2D eigenvalue weighted by molar-refractivity contribution is 0.447. The standard InChI is InChI=1S/C16H19NO/c1-2-17-16(13-9-10-18-11-13)15-8-7-12-5-3-4-6-14(12)15/h3-6,9-11,15-17H,2,7-8H2,1H3. The number of nitrogens with one attached hydrogen (secondary N) is 1. The minimum atomic E-state index is 0.373. The SMILES string of the molecule is CCNC(c1ccoc1)C1CCc2ccccc21. The second kappa shape index (κ2) is 4.99. The van der Waals surface area contributed by atoms with Gasteiger partial charge in [0.15, 0.2) is 0 Å². The van der Waals surface area contributed by atoms with Crippen LogP contribution in [-0.2, 0) is 6.42 Å². The van der Waals surface area contributed by atoms with E-state index < -0.39 is 0 Å². The first kappa shape index (κ1) is 11.5. The molecule has 3 rings (SSSR count). The van der Waals surface area contributed by atoms with Crippen molar-refractivity contribution in [2.45, 2.75) is 31.7 Å². The molecular weight excluding hydrogens is 222 g/mol. The number of hydrogen-bond donors (Lipinski definition) is 1. The van der Waals surface area contributed by atoms with Crippen molar-refractivity contribution in [1.82, 2.24) is 5.32 Å². The Morgan fingerprint density at radius 1 is 1.33 bits per heavy atom. The second-order valence-corrected chi connectivity index (χ2v) is 4.94. The maximum Gasteiger partial charge on any atom is 0.0950 e. The highest BCUT2D eigenvalue weighted by Crippen LogP contribution is 2.41. The van der Waals surface area contributed by atoms with Crippen LogP contribution in [-0.4, -0.2) is 6.54 Å². The lowest BCUT2D eigenvalue weighted by atomic mass is 9.89. The van der Waals surface area contributed by atoms with Gasteiger partial charge in [0.1, 0.15) is 0 Å². The fourth-order valence-corrected chi connectivity index (χ4v) is 3.10. The van der Waals surface area contributed by atoms with E-state index in [0.29, 0.717) is 12.0 Å². The Morgan fingerprint density at radius 3 is 3.00 bits per heavy atom. The minimum Gasteiger partial charge on any atom is -0.472 e. The molecule has 1 aromatic carbocycles. The molecule has 18 heavy (non-hydrogen) atoms. The van der Waals surface area contributed by atoms with E-state index in [2.05, 4.69) is 42.6 Å². The third-order valence-corrected chi connectivity index (χ3v) is 3.91. The van der Waals surface area contributed by atoms with Crippen LogP contribution in [0.15, 0.2) is 47.3 Å². The van der Waals surface area contributed by atoms with E-state index in [1.165, 1.54) is 29.5 Å². The number of rotatable bonds is 4. The molecule has 2 unspecified atom stereocenters. The average molecular weight is 241 g/mol. The molecule has 1 aliphatic rings. The molecule has 0 bridgehead atoms. The Bertz CT molecular complexity index is 502. The van der Waals surface area contributed by atoms with Crippen molar-refractivity contribution in [2.75, 3.05) is 6.54 Å². The summed E-state index contributed by atoms with van der Waals surface area (Å²) in [5.41, 5.74) is 4.28. The number of furan rings is 1. The predicted molar refractivity (Wildman–Crippen MR) is 72.6 cm³/mol. The van der Waals surface area contributed by atoms with Gasteiger partial charge >= 0.3 is 0 Å². The van der Waals surface area contributed by atoms with E-state index in [0.717, 1.165) is 6.54 Å². The summed E-state index contributed by atoms with van der Waals surface area (Å²) in [7, 11) is 0. The van der Waals surface area contributed by atoms with E-state index in [4.69, 9.17) is 4.42 Å². The van der Waals surface area contributed by atoms with Crippen LogP contribution < -0.4 is 5.32 Å². The third kappa shape index (κ3) is 1.97. The molecule has 2 nitrogen and oxygen atoms in total. The molecule has 0 spiro atoms. The van der Waals surface area contributed by atoms with Crippen LogP contribution in [0.5, 0.6) is 0 Å². The Hall–Kier alpha value is -1.54. The lowest BCUT2D eigenvalue weighted by Crippen LogP contribution is -2.25. The molecule has 1 N–H and O–H groups in total. The molecule has 1 aromatic heterocycles. The number of aryl methyl sites for hydroxylation is 1. The van der Waals surface area contributed by atoms with Crippen LogP contribution in [0, 0.1) is 0 Å². The van der Waals surface area contributed by atoms with E-state index in [1.54, 1.807) is 6.26 Å². The number of likely N-dealkylation sites (N-methyl/N-ethyl adjacent to an activating group) is 1. The van der Waals surface area contributed by atoms with Crippen molar-refractivity contribution in [1.29, 1.82) is 0 Å². The monoisotopic (exact) mass is 241 g/mol. The third-order valence-electron chi connectivity index (χ3n) is 3.91. The van der Waals surface area contributed by atoms with Gasteiger partial charge in [-0.15, -0.1) is 0 Å². The molecule has 1 heterocycles. The summed E-state index contributed by atoms with van der Waals surface area (Å²) < 4.78 is 5.25. The number of fused-ring (bicyclic) bond motifs is 1. The lowest BCUT2D eigenvalue weighted by Gasteiger charge is -2.24. The number of benzene rings is 1. The predicted octanol–water partition coefficient (Wildman–Crippen LogP) is 3.66. The van der Waals surface area contributed by atoms with Gasteiger partial charge in [-0.2, -0.15) is 0 Å². The average Bonchev–Trinajstić information content (AvgIpc) is 3.06. The summed E-state index contributed by atoms with van der Waals surface area (Å²) in [6, 6.07) is 11.3. The fourth-order valence-electron chi connectivity index (χ4n) is 3.10. The maximum absolute atomic E-state index is 5.25. The van der Waals surface area contributed by atoms with Crippen molar-refractivity contribution in [3.63, 3.8) is 0 Å². The largest absolute Gasteiger partial charge is 0.472 e.